The van der Waals surface area contributed by atoms with Crippen molar-refractivity contribution in [1.29, 1.82) is 0 Å². The average Bonchev–Trinajstić information content (AvgIpc) is 2.46. The van der Waals surface area contributed by atoms with Crippen LogP contribution < -0.4 is 0 Å². The lowest BCUT2D eigenvalue weighted by Gasteiger charge is -2.36. The summed E-state index contributed by atoms with van der Waals surface area (Å²) in [7, 11) is 0. The van der Waals surface area contributed by atoms with Gasteiger partial charge in [-0.05, 0) is 43.9 Å². The molecule has 0 saturated heterocycles. The fraction of sp³-hybridized carbons (Fsp3) is 0.800. The van der Waals surface area contributed by atoms with Crippen LogP contribution in [0.2, 0.25) is 0 Å². The van der Waals surface area contributed by atoms with Crippen molar-refractivity contribution < 1.29 is 19.4 Å². The summed E-state index contributed by atoms with van der Waals surface area (Å²) in [5.74, 6) is 0.522. The summed E-state index contributed by atoms with van der Waals surface area (Å²) < 4.78 is 5.63. The van der Waals surface area contributed by atoms with Gasteiger partial charge in [0.15, 0.2) is 0 Å². The number of rotatable bonds is 9. The number of carboxylic acid groups (broad SMARTS) is 1. The van der Waals surface area contributed by atoms with Gasteiger partial charge in [-0.25, -0.2) is 9.59 Å². The molecule has 0 aliphatic heterocycles. The van der Waals surface area contributed by atoms with E-state index in [0.29, 0.717) is 5.92 Å². The highest BCUT2D eigenvalue weighted by Crippen LogP contribution is 2.38. The fourth-order valence-corrected chi connectivity index (χ4v) is 4.09. The minimum absolute atomic E-state index is 0.496. The van der Waals surface area contributed by atoms with Crippen molar-refractivity contribution in [1.82, 2.24) is 0 Å². The van der Waals surface area contributed by atoms with Crippen molar-refractivity contribution in [2.45, 2.75) is 84.7 Å². The van der Waals surface area contributed by atoms with Crippen LogP contribution in [0.5, 0.6) is 0 Å². The van der Waals surface area contributed by atoms with Crippen molar-refractivity contribution in [2.24, 2.45) is 17.8 Å². The molecule has 1 atom stereocenters. The third-order valence-electron chi connectivity index (χ3n) is 4.98. The monoisotopic (exact) mass is 338 g/mol. The third-order valence-corrected chi connectivity index (χ3v) is 4.98. The molecule has 0 aromatic rings. The molecule has 0 heterocycles. The Hall–Kier alpha value is -1.32. The molecule has 1 aliphatic rings. The smallest absolute Gasteiger partial charge is 0.331 e. The summed E-state index contributed by atoms with van der Waals surface area (Å²) in [6.07, 6.45) is 10.8. The Labute approximate surface area is 146 Å². The Morgan fingerprint density at radius 2 is 1.75 bits per heavy atom. The second-order valence-electron chi connectivity index (χ2n) is 8.01. The minimum atomic E-state index is -1.13. The lowest BCUT2D eigenvalue weighted by Crippen LogP contribution is -2.34. The highest BCUT2D eigenvalue weighted by molar-refractivity contribution is 5.90. The Morgan fingerprint density at radius 3 is 2.25 bits per heavy atom. The molecule has 1 saturated carbocycles. The molecule has 0 aromatic carbocycles. The van der Waals surface area contributed by atoms with Gasteiger partial charge >= 0.3 is 11.9 Å². The van der Waals surface area contributed by atoms with Crippen LogP contribution in [0.15, 0.2) is 12.2 Å². The number of hydrogen-bond donors (Lipinski definition) is 1. The first-order chi connectivity index (χ1) is 11.2. The van der Waals surface area contributed by atoms with E-state index in [0.717, 1.165) is 43.3 Å². The van der Waals surface area contributed by atoms with Crippen LogP contribution >= 0.6 is 0 Å². The number of carboxylic acids is 1. The summed E-state index contributed by atoms with van der Waals surface area (Å²) in [6.45, 7) is 8.64. The molecule has 0 amide bonds. The quantitative estimate of drug-likeness (QED) is 0.476. The molecule has 138 valence electrons. The topological polar surface area (TPSA) is 63.6 Å². The lowest BCUT2D eigenvalue weighted by atomic mass is 9.74. The molecule has 0 bridgehead atoms. The molecule has 4 heteroatoms. The number of ether oxygens (including phenoxy) is 1. The summed E-state index contributed by atoms with van der Waals surface area (Å²) in [4.78, 5) is 22.4. The van der Waals surface area contributed by atoms with Crippen molar-refractivity contribution >= 4 is 11.9 Å². The fourth-order valence-electron chi connectivity index (χ4n) is 4.09. The number of carbonyl (C=O) groups is 2. The van der Waals surface area contributed by atoms with Crippen molar-refractivity contribution in [2.75, 3.05) is 0 Å². The summed E-state index contributed by atoms with van der Waals surface area (Å²) >= 11 is 0. The second-order valence-corrected chi connectivity index (χ2v) is 8.01. The maximum absolute atomic E-state index is 11.9. The van der Waals surface area contributed by atoms with E-state index in [-0.39, 0.29) is 0 Å². The van der Waals surface area contributed by atoms with E-state index in [4.69, 9.17) is 9.84 Å². The van der Waals surface area contributed by atoms with Gasteiger partial charge in [0.1, 0.15) is 5.60 Å². The number of carbonyl (C=O) groups excluding carboxylic acids is 1. The molecule has 4 nitrogen and oxygen atoms in total. The zero-order chi connectivity index (χ0) is 18.2. The van der Waals surface area contributed by atoms with Gasteiger partial charge in [-0.15, -0.1) is 0 Å². The minimum Gasteiger partial charge on any atom is -0.478 e. The summed E-state index contributed by atoms with van der Waals surface area (Å²) in [5.41, 5.74) is -0.496. The van der Waals surface area contributed by atoms with Crippen LogP contribution in [-0.4, -0.2) is 22.6 Å². The van der Waals surface area contributed by atoms with E-state index in [1.807, 2.05) is 6.92 Å². The normalized spacial score (nSPS) is 24.0. The van der Waals surface area contributed by atoms with Crippen LogP contribution in [0.3, 0.4) is 0 Å². The van der Waals surface area contributed by atoms with Crippen LogP contribution in [0.1, 0.15) is 79.1 Å². The molecule has 1 fully saturated rings. The van der Waals surface area contributed by atoms with Crippen molar-refractivity contribution in [3.05, 3.63) is 12.2 Å². The highest BCUT2D eigenvalue weighted by Gasteiger charge is 2.33. The van der Waals surface area contributed by atoms with Gasteiger partial charge in [0.05, 0.1) is 0 Å². The van der Waals surface area contributed by atoms with Crippen LogP contribution in [-0.2, 0) is 14.3 Å². The van der Waals surface area contributed by atoms with Crippen LogP contribution in [0.4, 0.5) is 0 Å². The first-order valence-electron chi connectivity index (χ1n) is 9.38. The van der Waals surface area contributed by atoms with E-state index >= 15 is 0 Å². The Morgan fingerprint density at radius 1 is 1.17 bits per heavy atom. The number of hydrogen-bond acceptors (Lipinski definition) is 3. The Bertz CT molecular complexity index is 433. The molecule has 1 aliphatic carbocycles. The maximum atomic E-state index is 11.9. The molecule has 1 rings (SSSR count). The lowest BCUT2D eigenvalue weighted by molar-refractivity contribution is -0.155. The van der Waals surface area contributed by atoms with Gasteiger partial charge in [0.25, 0.3) is 0 Å². The van der Waals surface area contributed by atoms with Gasteiger partial charge in [0.2, 0.25) is 0 Å². The van der Waals surface area contributed by atoms with E-state index in [1.54, 1.807) is 0 Å². The van der Waals surface area contributed by atoms with Gasteiger partial charge < -0.3 is 9.84 Å². The number of esters is 1. The molecular weight excluding hydrogens is 304 g/mol. The average molecular weight is 338 g/mol. The van der Waals surface area contributed by atoms with Crippen molar-refractivity contribution in [3.8, 4) is 0 Å². The van der Waals surface area contributed by atoms with E-state index in [1.165, 1.54) is 32.1 Å². The van der Waals surface area contributed by atoms with Gasteiger partial charge in [-0.1, -0.05) is 52.9 Å². The molecular formula is C20H34O4. The van der Waals surface area contributed by atoms with Gasteiger partial charge in [-0.3, -0.25) is 0 Å². The standard InChI is InChI=1S/C20H34O4/c1-5-12-20(4,24-19(23)11-10-18(21)22)14-17-8-6-16(7-9-17)13-15(2)3/h10-11,15-17H,5-9,12-14H2,1-4H3,(H,21,22)/b11-10+. The molecule has 0 radical (unpaired) electrons. The predicted molar refractivity (Wildman–Crippen MR) is 95.7 cm³/mol. The summed E-state index contributed by atoms with van der Waals surface area (Å²) in [5, 5.41) is 8.62. The van der Waals surface area contributed by atoms with E-state index < -0.39 is 17.5 Å². The Balaban J connectivity index is 2.56. The number of aliphatic carboxylic acids is 1. The molecule has 24 heavy (non-hydrogen) atoms. The van der Waals surface area contributed by atoms with Crippen molar-refractivity contribution in [3.63, 3.8) is 0 Å². The zero-order valence-corrected chi connectivity index (χ0v) is 15.7. The first kappa shape index (κ1) is 20.7. The van der Waals surface area contributed by atoms with Gasteiger partial charge in [0, 0.05) is 12.2 Å². The SMILES string of the molecule is CCCC(C)(CC1CCC(CC(C)C)CC1)OC(=O)/C=C/C(=O)O. The van der Waals surface area contributed by atoms with E-state index in [2.05, 4.69) is 20.8 Å². The predicted octanol–water partition coefficient (Wildman–Crippen LogP) is 4.97. The largest absolute Gasteiger partial charge is 0.478 e. The van der Waals surface area contributed by atoms with Crippen LogP contribution in [0, 0.1) is 17.8 Å². The first-order valence-corrected chi connectivity index (χ1v) is 9.38. The van der Waals surface area contributed by atoms with Crippen LogP contribution in [0.25, 0.3) is 0 Å². The molecule has 0 spiro atoms. The third kappa shape index (κ3) is 7.98. The summed E-state index contributed by atoms with van der Waals surface area (Å²) in [6, 6.07) is 0. The highest BCUT2D eigenvalue weighted by atomic mass is 16.6. The van der Waals surface area contributed by atoms with Gasteiger partial charge in [-0.2, -0.15) is 0 Å². The zero-order valence-electron chi connectivity index (χ0n) is 15.7. The van der Waals surface area contributed by atoms with E-state index in [9.17, 15) is 9.59 Å². The Kier molecular flexibility index (Phi) is 8.51. The molecule has 1 unspecified atom stereocenters. The molecule has 0 aromatic heterocycles. The molecule has 1 N–H and O–H groups in total. The second kappa shape index (κ2) is 9.85. The maximum Gasteiger partial charge on any atom is 0.331 e.